The van der Waals surface area contributed by atoms with Gasteiger partial charge in [0.15, 0.2) is 0 Å². The molecule has 3 rings (SSSR count). The lowest BCUT2D eigenvalue weighted by Crippen LogP contribution is -2.25. The van der Waals surface area contributed by atoms with Gasteiger partial charge in [-0.1, -0.05) is 10.5 Å². The van der Waals surface area contributed by atoms with Crippen LogP contribution in [0.25, 0.3) is 0 Å². The molecule has 9 heteroatoms. The van der Waals surface area contributed by atoms with E-state index in [1.165, 1.54) is 44.0 Å². The molecule has 0 saturated carbocycles. The fourth-order valence-electron chi connectivity index (χ4n) is 2.87. The first-order chi connectivity index (χ1) is 12.2. The van der Waals surface area contributed by atoms with Gasteiger partial charge in [-0.25, -0.2) is 16.8 Å². The maximum atomic E-state index is 12.6. The smallest absolute Gasteiger partial charge is 0.264 e. The molecule has 0 saturated heterocycles. The molecule has 0 bridgehead atoms. The predicted molar refractivity (Wildman–Crippen MR) is 97.7 cm³/mol. The number of aryl methyl sites for hydroxylation is 2. The standard InChI is InChI=1S/C17H20N2O5S2/c1-19(24-2)26(22,23)16-10-7-15(8-11-16)18-25(20,21)17-9-6-13-4-3-5-14(13)12-17/h6-12,18H,3-5H2,1-2H3. The van der Waals surface area contributed by atoms with E-state index in [1.54, 1.807) is 12.1 Å². The number of nitrogens with one attached hydrogen (secondary N) is 1. The number of hydrogen-bond donors (Lipinski definition) is 1. The second-order valence-corrected chi connectivity index (χ2v) is 9.63. The Balaban J connectivity index is 1.82. The molecule has 2 aromatic carbocycles. The van der Waals surface area contributed by atoms with Crippen molar-refractivity contribution in [2.75, 3.05) is 18.9 Å². The zero-order chi connectivity index (χ0) is 18.9. The summed E-state index contributed by atoms with van der Waals surface area (Å²) in [5.41, 5.74) is 2.54. The second kappa shape index (κ2) is 6.99. The van der Waals surface area contributed by atoms with Crippen molar-refractivity contribution in [3.05, 3.63) is 53.6 Å². The van der Waals surface area contributed by atoms with E-state index >= 15 is 0 Å². The number of hydrogen-bond acceptors (Lipinski definition) is 5. The lowest BCUT2D eigenvalue weighted by Gasteiger charge is -2.14. The van der Waals surface area contributed by atoms with Crippen molar-refractivity contribution in [3.63, 3.8) is 0 Å². The van der Waals surface area contributed by atoms with Gasteiger partial charge in [0, 0.05) is 12.7 Å². The predicted octanol–water partition coefficient (Wildman–Crippen LogP) is 2.16. The summed E-state index contributed by atoms with van der Waals surface area (Å²) in [6.07, 6.45) is 2.91. The molecule has 0 atom stereocenters. The lowest BCUT2D eigenvalue weighted by atomic mass is 10.1. The van der Waals surface area contributed by atoms with Crippen molar-refractivity contribution in [1.82, 2.24) is 4.47 Å². The van der Waals surface area contributed by atoms with Crippen LogP contribution in [0.5, 0.6) is 0 Å². The van der Waals surface area contributed by atoms with Gasteiger partial charge in [0.1, 0.15) is 0 Å². The average Bonchev–Trinajstić information content (AvgIpc) is 3.08. The minimum absolute atomic E-state index is 0.00216. The first-order valence-electron chi connectivity index (χ1n) is 8.02. The molecule has 0 spiro atoms. The number of hydroxylamine groups is 1. The van der Waals surface area contributed by atoms with Gasteiger partial charge in [-0.2, -0.15) is 0 Å². The van der Waals surface area contributed by atoms with Gasteiger partial charge in [-0.05, 0) is 66.8 Å². The Labute approximate surface area is 153 Å². The van der Waals surface area contributed by atoms with Crippen molar-refractivity contribution in [2.24, 2.45) is 0 Å². The van der Waals surface area contributed by atoms with E-state index in [2.05, 4.69) is 4.72 Å². The number of rotatable bonds is 6. The molecule has 0 heterocycles. The molecule has 1 aliphatic rings. The second-order valence-electron chi connectivity index (χ2n) is 6.01. The SMILES string of the molecule is CON(C)S(=O)(=O)c1ccc(NS(=O)(=O)c2ccc3c(c2)CCC3)cc1. The zero-order valence-corrected chi connectivity index (χ0v) is 16.1. The molecule has 140 valence electrons. The highest BCUT2D eigenvalue weighted by atomic mass is 32.2. The molecule has 0 radical (unpaired) electrons. The lowest BCUT2D eigenvalue weighted by molar-refractivity contribution is -0.0258. The number of sulfonamides is 2. The van der Waals surface area contributed by atoms with Crippen LogP contribution in [-0.4, -0.2) is 35.5 Å². The van der Waals surface area contributed by atoms with Crippen molar-refractivity contribution >= 4 is 25.7 Å². The Morgan fingerprint density at radius 2 is 1.54 bits per heavy atom. The third-order valence-electron chi connectivity index (χ3n) is 4.38. The maximum absolute atomic E-state index is 12.6. The van der Waals surface area contributed by atoms with Crippen LogP contribution in [0.2, 0.25) is 0 Å². The topological polar surface area (TPSA) is 92.8 Å². The Kier molecular flexibility index (Phi) is 5.07. The van der Waals surface area contributed by atoms with Crippen molar-refractivity contribution in [1.29, 1.82) is 0 Å². The summed E-state index contributed by atoms with van der Waals surface area (Å²) in [6.45, 7) is 0. The molecule has 0 unspecified atom stereocenters. The summed E-state index contributed by atoms with van der Waals surface area (Å²) in [6, 6.07) is 10.6. The van der Waals surface area contributed by atoms with Crippen LogP contribution in [0.4, 0.5) is 5.69 Å². The van der Waals surface area contributed by atoms with Gasteiger partial charge in [0.2, 0.25) is 0 Å². The molecule has 0 amide bonds. The normalized spacial score (nSPS) is 14.4. The molecule has 7 nitrogen and oxygen atoms in total. The molecule has 1 N–H and O–H groups in total. The number of anilines is 1. The highest BCUT2D eigenvalue weighted by molar-refractivity contribution is 7.92. The molecule has 1 aliphatic carbocycles. The number of fused-ring (bicyclic) bond motifs is 1. The number of nitrogens with zero attached hydrogens (tertiary/aromatic N) is 1. The van der Waals surface area contributed by atoms with E-state index in [0.717, 1.165) is 29.3 Å². The van der Waals surface area contributed by atoms with Crippen LogP contribution in [0.15, 0.2) is 52.3 Å². The minimum atomic E-state index is -3.77. The van der Waals surface area contributed by atoms with Gasteiger partial charge < -0.3 is 0 Å². The van der Waals surface area contributed by atoms with Crippen LogP contribution in [0.3, 0.4) is 0 Å². The highest BCUT2D eigenvalue weighted by Gasteiger charge is 2.22. The Morgan fingerprint density at radius 3 is 2.19 bits per heavy atom. The van der Waals surface area contributed by atoms with Crippen LogP contribution in [-0.2, 0) is 37.7 Å². The minimum Gasteiger partial charge on any atom is -0.288 e. The Morgan fingerprint density at radius 1 is 0.923 bits per heavy atom. The van der Waals surface area contributed by atoms with Gasteiger partial charge in [-0.15, -0.1) is 0 Å². The molecule has 0 aromatic heterocycles. The summed E-state index contributed by atoms with van der Waals surface area (Å²) in [7, 11) is -4.99. The summed E-state index contributed by atoms with van der Waals surface area (Å²) in [5, 5.41) is 0. The summed E-state index contributed by atoms with van der Waals surface area (Å²) in [5.74, 6) is 0. The summed E-state index contributed by atoms with van der Waals surface area (Å²) in [4.78, 5) is 4.91. The van der Waals surface area contributed by atoms with Crippen LogP contribution < -0.4 is 4.72 Å². The summed E-state index contributed by atoms with van der Waals surface area (Å²) >= 11 is 0. The van der Waals surface area contributed by atoms with E-state index in [1.807, 2.05) is 6.07 Å². The van der Waals surface area contributed by atoms with Crippen LogP contribution >= 0.6 is 0 Å². The van der Waals surface area contributed by atoms with Crippen LogP contribution in [0.1, 0.15) is 17.5 Å². The van der Waals surface area contributed by atoms with Crippen molar-refractivity contribution < 1.29 is 21.7 Å². The van der Waals surface area contributed by atoms with Crippen molar-refractivity contribution in [3.8, 4) is 0 Å². The Bertz CT molecular complexity index is 1020. The first-order valence-corrected chi connectivity index (χ1v) is 10.9. The third-order valence-corrected chi connectivity index (χ3v) is 7.45. The summed E-state index contributed by atoms with van der Waals surface area (Å²) < 4.78 is 52.7. The van der Waals surface area contributed by atoms with E-state index in [4.69, 9.17) is 4.84 Å². The molecular weight excluding hydrogens is 376 g/mol. The van der Waals surface area contributed by atoms with Gasteiger partial charge in [0.05, 0.1) is 16.9 Å². The quantitative estimate of drug-likeness (QED) is 0.756. The highest BCUT2D eigenvalue weighted by Crippen LogP contribution is 2.26. The molecule has 2 aromatic rings. The zero-order valence-electron chi connectivity index (χ0n) is 14.5. The first kappa shape index (κ1) is 18.8. The van der Waals surface area contributed by atoms with E-state index < -0.39 is 20.0 Å². The van der Waals surface area contributed by atoms with Crippen LogP contribution in [0, 0.1) is 0 Å². The monoisotopic (exact) mass is 396 g/mol. The Hall–Kier alpha value is -1.94. The molecule has 0 fully saturated rings. The van der Waals surface area contributed by atoms with Gasteiger partial charge in [0.25, 0.3) is 20.0 Å². The largest absolute Gasteiger partial charge is 0.288 e. The maximum Gasteiger partial charge on any atom is 0.264 e. The van der Waals surface area contributed by atoms with E-state index in [0.29, 0.717) is 0 Å². The number of benzene rings is 2. The van der Waals surface area contributed by atoms with Crippen molar-refractivity contribution in [2.45, 2.75) is 29.1 Å². The van der Waals surface area contributed by atoms with E-state index in [-0.39, 0.29) is 15.5 Å². The molecule has 0 aliphatic heterocycles. The fourth-order valence-corrected chi connectivity index (χ4v) is 4.95. The average molecular weight is 396 g/mol. The molecular formula is C17H20N2O5S2. The third kappa shape index (κ3) is 3.61. The van der Waals surface area contributed by atoms with Gasteiger partial charge >= 0.3 is 0 Å². The fraction of sp³-hybridized carbons (Fsp3) is 0.294. The van der Waals surface area contributed by atoms with E-state index in [9.17, 15) is 16.8 Å². The molecule has 26 heavy (non-hydrogen) atoms. The van der Waals surface area contributed by atoms with Gasteiger partial charge in [-0.3, -0.25) is 9.56 Å².